The van der Waals surface area contributed by atoms with Crippen molar-refractivity contribution < 1.29 is 0 Å². The summed E-state index contributed by atoms with van der Waals surface area (Å²) in [4.78, 5) is 31.4. The standard InChI is InChI=1S/C101H60B2N12/c1-57-50-61(78-37-13-15-44-104-78)53-82-90(57)102(74-42-48-107-93-71(74)56-73-85(58-22-5-2-6-23-58)92-67(86(73)93)33-20-46-106-92)75-35-19-32-69-88-72-52-60(40-41-81(72)111(64-27-9-4-10-28-64)99(88)113(82)96(69)75)59-24-17-29-65(51-59)112-98-70(34-21-47-109-98)87-68-31-18-36-76-95(68)114(100(87)112)83-54-62(79-38-14-16-45-105-79)55-84-91(83)103(76)77-43-49-108-94-89-66-30-11-12-39-80(66)110(63-25-7-3-8-26-63)101(89)115(84)97(77)94/h2-55,85H,56H2,1H3. The molecule has 0 spiro atoms. The van der Waals surface area contributed by atoms with Gasteiger partial charge in [0.1, 0.15) is 22.6 Å². The molecule has 0 N–H and O–H groups in total. The molecular formula is C101H60B2N12. The predicted octanol–water partition coefficient (Wildman–Crippen LogP) is 18.0. The fourth-order valence-corrected chi connectivity index (χ4v) is 21.7. The molecule has 3 aliphatic heterocycles. The van der Waals surface area contributed by atoms with Gasteiger partial charge in [0.15, 0.2) is 0 Å². The van der Waals surface area contributed by atoms with Gasteiger partial charge in [0, 0.05) is 137 Å². The number of allylic oxidation sites excluding steroid dienone is 1. The van der Waals surface area contributed by atoms with Crippen molar-refractivity contribution in [1.29, 1.82) is 0 Å². The molecular weight excluding hydrogens is 1400 g/mol. The minimum Gasteiger partial charge on any atom is -0.296 e. The zero-order valence-corrected chi connectivity index (χ0v) is 62.0. The smallest absolute Gasteiger partial charge is 0.252 e. The van der Waals surface area contributed by atoms with E-state index in [0.29, 0.717) is 0 Å². The van der Waals surface area contributed by atoms with Gasteiger partial charge in [0.05, 0.1) is 61.3 Å². The third-order valence-electron chi connectivity index (χ3n) is 26.0. The van der Waals surface area contributed by atoms with Crippen molar-refractivity contribution in [2.45, 2.75) is 19.3 Å². The van der Waals surface area contributed by atoms with Crippen LogP contribution in [0.15, 0.2) is 334 Å². The molecule has 0 saturated heterocycles. The van der Waals surface area contributed by atoms with E-state index in [2.05, 4.69) is 320 Å². The van der Waals surface area contributed by atoms with Gasteiger partial charge in [-0.3, -0.25) is 52.3 Å². The van der Waals surface area contributed by atoms with Gasteiger partial charge in [-0.05, 0) is 196 Å². The summed E-state index contributed by atoms with van der Waals surface area (Å²) in [6.45, 7) is 2.06. The fourth-order valence-electron chi connectivity index (χ4n) is 21.7. The van der Waals surface area contributed by atoms with E-state index in [0.717, 1.165) is 146 Å². The van der Waals surface area contributed by atoms with Crippen molar-refractivity contribution in [3.8, 4) is 67.8 Å². The van der Waals surface area contributed by atoms with E-state index in [1.807, 2.05) is 43.1 Å². The molecule has 5 aliphatic rings. The number of nitrogens with zero attached hydrogens (tertiary/aromatic N) is 12. The Balaban J connectivity index is 0.686. The molecule has 15 heterocycles. The third-order valence-corrected chi connectivity index (χ3v) is 26.0. The van der Waals surface area contributed by atoms with E-state index in [1.165, 1.54) is 104 Å². The van der Waals surface area contributed by atoms with E-state index < -0.39 is 0 Å². The van der Waals surface area contributed by atoms with Crippen molar-refractivity contribution in [2.75, 3.05) is 0 Å². The van der Waals surface area contributed by atoms with Crippen molar-refractivity contribution in [3.63, 3.8) is 0 Å². The maximum atomic E-state index is 5.40. The van der Waals surface area contributed by atoms with E-state index in [-0.39, 0.29) is 19.3 Å². The molecule has 10 aromatic carbocycles. The monoisotopic (exact) mass is 1460 g/mol. The van der Waals surface area contributed by atoms with Crippen molar-refractivity contribution >= 4 is 151 Å². The highest BCUT2D eigenvalue weighted by Gasteiger charge is 2.47. The Labute approximate surface area is 658 Å². The normalized spacial score (nSPS) is 14.1. The molecule has 0 saturated carbocycles. The van der Waals surface area contributed by atoms with Gasteiger partial charge in [-0.2, -0.15) is 0 Å². The summed E-state index contributed by atoms with van der Waals surface area (Å²) < 4.78 is 15.2. The molecule has 0 amide bonds. The van der Waals surface area contributed by atoms with Crippen LogP contribution in [0.25, 0.3) is 172 Å². The minimum absolute atomic E-state index is 0.0316. The predicted molar refractivity (Wildman–Crippen MR) is 468 cm³/mol. The molecule has 0 radical (unpaired) electrons. The Morgan fingerprint density at radius 2 is 0.887 bits per heavy atom. The zero-order valence-electron chi connectivity index (χ0n) is 62.0. The number of aryl methyl sites for hydroxylation is 1. The van der Waals surface area contributed by atoms with Crippen molar-refractivity contribution in [3.05, 3.63) is 368 Å². The van der Waals surface area contributed by atoms with Gasteiger partial charge >= 0.3 is 0 Å². The Morgan fingerprint density at radius 3 is 1.62 bits per heavy atom. The van der Waals surface area contributed by atoms with E-state index in [9.17, 15) is 0 Å². The lowest BCUT2D eigenvalue weighted by Gasteiger charge is -2.34. The molecule has 0 fully saturated rings. The average Bonchev–Trinajstić information content (AvgIpc) is 1.50. The van der Waals surface area contributed by atoms with Crippen LogP contribution in [0.1, 0.15) is 39.6 Å². The molecule has 1 unspecified atom stereocenters. The fraction of sp³-hybridized carbons (Fsp3) is 0.0297. The second-order valence-corrected chi connectivity index (χ2v) is 31.6. The molecule has 0 bridgehead atoms. The molecule has 14 heteroatoms. The summed E-state index contributed by atoms with van der Waals surface area (Å²) in [5.41, 5.74) is 40.8. The first-order chi connectivity index (χ1) is 57.1. The SMILES string of the molecule is Cc1cc(-c2ccccn2)cc2c1B(c1ccnc3c1CC1=C3c3cccnc3C1c1ccccc1)c1cccc3c4c5cc(-c6cccc(-n7c8ncccc8c8c9cccc%10c9n(c87)-c7cc(-c8ccccn8)cc8c7B%10c7ccnc9c%10c%11ccccc%11n(-c%11ccccc%11)c%10n-8c79)c6)ccc5n(-c5ccccc5)c4n-2c13. The number of aromatic nitrogens is 12. The Kier molecular flexibility index (Phi) is 12.1. The van der Waals surface area contributed by atoms with Crippen molar-refractivity contribution in [2.24, 2.45) is 0 Å². The summed E-state index contributed by atoms with van der Waals surface area (Å²) in [6, 6.07) is 107. The molecule has 2 aliphatic carbocycles. The lowest BCUT2D eigenvalue weighted by molar-refractivity contribution is 0.889. The van der Waals surface area contributed by atoms with Gasteiger partial charge in [0.25, 0.3) is 6.71 Å². The Bertz CT molecular complexity index is 8150. The minimum atomic E-state index is -0.135. The lowest BCUT2D eigenvalue weighted by Crippen LogP contribution is -2.59. The van der Waals surface area contributed by atoms with E-state index in [4.69, 9.17) is 29.9 Å². The van der Waals surface area contributed by atoms with Crippen LogP contribution in [0.5, 0.6) is 0 Å². The summed E-state index contributed by atoms with van der Waals surface area (Å²) in [7, 11) is 0. The quantitative estimate of drug-likeness (QED) is 0.140. The number of para-hydroxylation sites is 5. The second kappa shape index (κ2) is 22.6. The van der Waals surface area contributed by atoms with E-state index >= 15 is 0 Å². The van der Waals surface area contributed by atoms with Crippen LogP contribution in [0.2, 0.25) is 0 Å². The van der Waals surface area contributed by atoms with Crippen LogP contribution in [0.4, 0.5) is 0 Å². The Hall–Kier alpha value is -15.0. The highest BCUT2D eigenvalue weighted by Crippen LogP contribution is 2.54. The van der Waals surface area contributed by atoms with Gasteiger partial charge in [0.2, 0.25) is 6.71 Å². The average molecular weight is 1460 g/mol. The van der Waals surface area contributed by atoms with Crippen LogP contribution in [0, 0.1) is 6.92 Å². The number of hydrogen-bond acceptors (Lipinski definition) is 6. The number of fused-ring (bicyclic) bond motifs is 25. The number of rotatable bonds is 8. The van der Waals surface area contributed by atoms with Gasteiger partial charge in [-0.25, -0.2) is 4.98 Å². The molecule has 12 nitrogen and oxygen atoms in total. The molecule has 12 aromatic heterocycles. The highest BCUT2D eigenvalue weighted by molar-refractivity contribution is 7.00. The molecule has 27 rings (SSSR count). The Morgan fingerprint density at radius 1 is 0.339 bits per heavy atom. The van der Waals surface area contributed by atoms with E-state index in [1.54, 1.807) is 0 Å². The summed E-state index contributed by atoms with van der Waals surface area (Å²) in [5, 5.41) is 9.30. The third kappa shape index (κ3) is 8.01. The number of pyridine rings is 6. The summed E-state index contributed by atoms with van der Waals surface area (Å²) in [5.74, 6) is 0.0316. The van der Waals surface area contributed by atoms with Gasteiger partial charge in [-0.15, -0.1) is 0 Å². The zero-order chi connectivity index (χ0) is 74.7. The van der Waals surface area contributed by atoms with Crippen LogP contribution < -0.4 is 32.8 Å². The molecule has 530 valence electrons. The molecule has 115 heavy (non-hydrogen) atoms. The highest BCUT2D eigenvalue weighted by atomic mass is 15.2. The summed E-state index contributed by atoms with van der Waals surface area (Å²) >= 11 is 0. The van der Waals surface area contributed by atoms with Crippen molar-refractivity contribution in [1.82, 2.24) is 57.3 Å². The first-order valence-corrected chi connectivity index (χ1v) is 39.6. The number of benzene rings is 10. The maximum absolute atomic E-state index is 5.40. The van der Waals surface area contributed by atoms with Gasteiger partial charge < -0.3 is 0 Å². The summed E-state index contributed by atoms with van der Waals surface area (Å²) in [6.07, 6.45) is 12.6. The number of hydrogen-bond donors (Lipinski definition) is 0. The second-order valence-electron chi connectivity index (χ2n) is 31.6. The van der Waals surface area contributed by atoms with Gasteiger partial charge in [-0.1, -0.05) is 175 Å². The lowest BCUT2D eigenvalue weighted by atomic mass is 9.34. The van der Waals surface area contributed by atoms with Crippen LogP contribution in [0.3, 0.4) is 0 Å². The van der Waals surface area contributed by atoms with Crippen LogP contribution in [-0.2, 0) is 6.42 Å². The topological polar surface area (TPSA) is 107 Å². The molecule has 22 aromatic rings. The van der Waals surface area contributed by atoms with Crippen LogP contribution >= 0.6 is 0 Å². The first kappa shape index (κ1) is 61.7. The molecule has 1 atom stereocenters. The largest absolute Gasteiger partial charge is 0.296 e. The van der Waals surface area contributed by atoms with Crippen LogP contribution in [-0.4, -0.2) is 70.7 Å². The maximum Gasteiger partial charge on any atom is 0.252 e. The first-order valence-electron chi connectivity index (χ1n) is 39.6.